The minimum absolute atomic E-state index is 0.0237. The number of aromatic carboxylic acids is 1. The molecule has 0 fully saturated rings. The summed E-state index contributed by atoms with van der Waals surface area (Å²) in [6.45, 7) is 1.76. The zero-order valence-electron chi connectivity index (χ0n) is 9.55. The van der Waals surface area contributed by atoms with Crippen LogP contribution in [0.15, 0.2) is 36.4 Å². The largest absolute Gasteiger partial charge is 0.477 e. The number of carbonyl (C=O) groups is 1. The summed E-state index contributed by atoms with van der Waals surface area (Å²) in [6.07, 6.45) is 0. The maximum Gasteiger partial charge on any atom is 0.341 e. The van der Waals surface area contributed by atoms with Gasteiger partial charge in [-0.25, -0.2) is 9.78 Å². The Bertz CT molecular complexity index is 581. The number of nitrogens with zero attached hydrogens (tertiary/aromatic N) is 1. The van der Waals surface area contributed by atoms with E-state index in [1.54, 1.807) is 37.3 Å². The maximum absolute atomic E-state index is 11.0. The molecule has 18 heavy (non-hydrogen) atoms. The van der Waals surface area contributed by atoms with E-state index in [2.05, 4.69) is 4.98 Å². The fourth-order valence-corrected chi connectivity index (χ4v) is 1.51. The lowest BCUT2D eigenvalue weighted by Crippen LogP contribution is -2.02. The van der Waals surface area contributed by atoms with E-state index < -0.39 is 5.97 Å². The highest BCUT2D eigenvalue weighted by atomic mass is 35.5. The van der Waals surface area contributed by atoms with Crippen molar-refractivity contribution in [3.63, 3.8) is 0 Å². The lowest BCUT2D eigenvalue weighted by molar-refractivity contribution is 0.0693. The van der Waals surface area contributed by atoms with Gasteiger partial charge < -0.3 is 9.84 Å². The molecule has 4 nitrogen and oxygen atoms in total. The summed E-state index contributed by atoms with van der Waals surface area (Å²) < 4.78 is 5.46. The first-order chi connectivity index (χ1) is 8.56. The number of halogens is 1. The van der Waals surface area contributed by atoms with Gasteiger partial charge in [-0.1, -0.05) is 11.6 Å². The van der Waals surface area contributed by atoms with Crippen molar-refractivity contribution >= 4 is 17.6 Å². The van der Waals surface area contributed by atoms with E-state index in [1.165, 1.54) is 6.07 Å². The van der Waals surface area contributed by atoms with Gasteiger partial charge in [-0.3, -0.25) is 0 Å². The number of carboxylic acids is 1. The van der Waals surface area contributed by atoms with Crippen molar-refractivity contribution in [3.8, 4) is 11.6 Å². The van der Waals surface area contributed by atoms with Crippen molar-refractivity contribution in [2.45, 2.75) is 6.92 Å². The zero-order chi connectivity index (χ0) is 13.1. The van der Waals surface area contributed by atoms with Gasteiger partial charge in [0.1, 0.15) is 11.3 Å². The van der Waals surface area contributed by atoms with Crippen molar-refractivity contribution in [1.82, 2.24) is 4.98 Å². The summed E-state index contributed by atoms with van der Waals surface area (Å²) in [5.74, 6) is -0.517. The predicted molar refractivity (Wildman–Crippen MR) is 67.5 cm³/mol. The van der Waals surface area contributed by atoms with Gasteiger partial charge in [0.05, 0.1) is 0 Å². The van der Waals surface area contributed by atoms with Crippen molar-refractivity contribution in [3.05, 3.63) is 52.7 Å². The molecule has 0 atom stereocenters. The number of rotatable bonds is 3. The highest BCUT2D eigenvalue weighted by Crippen LogP contribution is 2.25. The summed E-state index contributed by atoms with van der Waals surface area (Å²) in [4.78, 5) is 15.1. The van der Waals surface area contributed by atoms with E-state index in [0.717, 1.165) is 0 Å². The first-order valence-corrected chi connectivity index (χ1v) is 5.58. The smallest absolute Gasteiger partial charge is 0.341 e. The normalized spacial score (nSPS) is 10.1. The molecule has 0 saturated heterocycles. The Hall–Kier alpha value is -2.07. The van der Waals surface area contributed by atoms with Crippen LogP contribution < -0.4 is 4.74 Å². The number of hydrogen-bond acceptors (Lipinski definition) is 3. The molecule has 0 unspecified atom stereocenters. The number of benzene rings is 1. The minimum Gasteiger partial charge on any atom is -0.477 e. The maximum atomic E-state index is 11.0. The Labute approximate surface area is 109 Å². The number of carboxylic acid groups (broad SMARTS) is 1. The molecule has 1 aromatic heterocycles. The van der Waals surface area contributed by atoms with Gasteiger partial charge in [0.25, 0.3) is 0 Å². The van der Waals surface area contributed by atoms with Crippen LogP contribution in [-0.4, -0.2) is 16.1 Å². The summed E-state index contributed by atoms with van der Waals surface area (Å²) in [6, 6.07) is 9.71. The molecule has 0 amide bonds. The molecule has 0 spiro atoms. The van der Waals surface area contributed by atoms with Gasteiger partial charge >= 0.3 is 5.97 Å². The van der Waals surface area contributed by atoms with Gasteiger partial charge in [0, 0.05) is 10.7 Å². The molecule has 0 aliphatic rings. The van der Waals surface area contributed by atoms with E-state index in [4.69, 9.17) is 21.4 Å². The van der Waals surface area contributed by atoms with Crippen molar-refractivity contribution in [1.29, 1.82) is 0 Å². The molecule has 1 N–H and O–H groups in total. The zero-order valence-corrected chi connectivity index (χ0v) is 10.3. The third kappa shape index (κ3) is 2.78. The van der Waals surface area contributed by atoms with Gasteiger partial charge in [0.15, 0.2) is 0 Å². The van der Waals surface area contributed by atoms with Crippen LogP contribution in [0, 0.1) is 6.92 Å². The number of pyridine rings is 1. The summed E-state index contributed by atoms with van der Waals surface area (Å²) in [7, 11) is 0. The van der Waals surface area contributed by atoms with Crippen LogP contribution in [0.1, 0.15) is 16.1 Å². The summed E-state index contributed by atoms with van der Waals surface area (Å²) in [5.41, 5.74) is 0.708. The van der Waals surface area contributed by atoms with E-state index in [0.29, 0.717) is 16.5 Å². The summed E-state index contributed by atoms with van der Waals surface area (Å²) in [5, 5.41) is 9.62. The second-order valence-electron chi connectivity index (χ2n) is 3.67. The lowest BCUT2D eigenvalue weighted by atomic mass is 10.2. The molecular weight excluding hydrogens is 254 g/mol. The van der Waals surface area contributed by atoms with E-state index in [9.17, 15) is 4.79 Å². The molecule has 0 aliphatic carbocycles. The average Bonchev–Trinajstić information content (AvgIpc) is 2.32. The second kappa shape index (κ2) is 5.06. The van der Waals surface area contributed by atoms with Gasteiger partial charge in [-0.15, -0.1) is 0 Å². The standard InChI is InChI=1S/C13H10ClNO3/c1-8-2-7-11(13(16)17)12(15-8)18-10-5-3-9(14)4-6-10/h2-7H,1H3,(H,16,17). The first kappa shape index (κ1) is 12.4. The molecule has 0 bridgehead atoms. The molecule has 0 radical (unpaired) electrons. The number of aromatic nitrogens is 1. The van der Waals surface area contributed by atoms with Crippen LogP contribution in [0.4, 0.5) is 0 Å². The van der Waals surface area contributed by atoms with E-state index in [-0.39, 0.29) is 11.4 Å². The van der Waals surface area contributed by atoms with Crippen molar-refractivity contribution in [2.75, 3.05) is 0 Å². The van der Waals surface area contributed by atoms with Crippen LogP contribution in [0.3, 0.4) is 0 Å². The molecule has 5 heteroatoms. The first-order valence-electron chi connectivity index (χ1n) is 5.20. The van der Waals surface area contributed by atoms with Gasteiger partial charge in [-0.05, 0) is 43.3 Å². The molecular formula is C13H10ClNO3. The Morgan fingerprint density at radius 1 is 1.22 bits per heavy atom. The summed E-state index contributed by atoms with van der Waals surface area (Å²) >= 11 is 5.76. The van der Waals surface area contributed by atoms with E-state index in [1.807, 2.05) is 0 Å². The van der Waals surface area contributed by atoms with Crippen LogP contribution in [0.25, 0.3) is 0 Å². The topological polar surface area (TPSA) is 59.4 Å². The van der Waals surface area contributed by atoms with Crippen molar-refractivity contribution < 1.29 is 14.6 Å². The monoisotopic (exact) mass is 263 g/mol. The molecule has 92 valence electrons. The molecule has 1 heterocycles. The van der Waals surface area contributed by atoms with Crippen LogP contribution in [0.2, 0.25) is 5.02 Å². The van der Waals surface area contributed by atoms with Crippen LogP contribution in [0.5, 0.6) is 11.6 Å². The SMILES string of the molecule is Cc1ccc(C(=O)O)c(Oc2ccc(Cl)cc2)n1. The number of hydrogen-bond donors (Lipinski definition) is 1. The predicted octanol–water partition coefficient (Wildman–Crippen LogP) is 3.53. The van der Waals surface area contributed by atoms with E-state index >= 15 is 0 Å². The lowest BCUT2D eigenvalue weighted by Gasteiger charge is -2.08. The quantitative estimate of drug-likeness (QED) is 0.920. The third-order valence-electron chi connectivity index (χ3n) is 2.26. The van der Waals surface area contributed by atoms with Gasteiger partial charge in [0.2, 0.25) is 5.88 Å². The molecule has 2 rings (SSSR count). The Morgan fingerprint density at radius 2 is 1.89 bits per heavy atom. The van der Waals surface area contributed by atoms with Crippen LogP contribution >= 0.6 is 11.6 Å². The van der Waals surface area contributed by atoms with Crippen molar-refractivity contribution in [2.24, 2.45) is 0 Å². The fourth-order valence-electron chi connectivity index (χ4n) is 1.39. The molecule has 1 aromatic carbocycles. The molecule has 0 aliphatic heterocycles. The minimum atomic E-state index is -1.08. The van der Waals surface area contributed by atoms with Gasteiger partial charge in [-0.2, -0.15) is 0 Å². The molecule has 2 aromatic rings. The number of ether oxygens (including phenoxy) is 1. The second-order valence-corrected chi connectivity index (χ2v) is 4.10. The Balaban J connectivity index is 2.35. The number of aryl methyl sites for hydroxylation is 1. The third-order valence-corrected chi connectivity index (χ3v) is 2.51. The Morgan fingerprint density at radius 3 is 2.50 bits per heavy atom. The van der Waals surface area contributed by atoms with Crippen LogP contribution in [-0.2, 0) is 0 Å². The Kier molecular flexibility index (Phi) is 3.48. The average molecular weight is 264 g/mol. The highest BCUT2D eigenvalue weighted by molar-refractivity contribution is 6.30. The molecule has 0 saturated carbocycles. The fraction of sp³-hybridized carbons (Fsp3) is 0.0769. The highest BCUT2D eigenvalue weighted by Gasteiger charge is 2.13.